The number of benzene rings is 1. The highest BCUT2D eigenvalue weighted by Crippen LogP contribution is 2.34. The van der Waals surface area contributed by atoms with Gasteiger partial charge in [-0.25, -0.2) is 0 Å². The molecule has 1 aromatic carbocycles. The van der Waals surface area contributed by atoms with Crippen LogP contribution in [0.15, 0.2) is 23.2 Å². The van der Waals surface area contributed by atoms with Crippen molar-refractivity contribution in [2.75, 3.05) is 47.4 Å². The molecule has 0 unspecified atom stereocenters. The van der Waals surface area contributed by atoms with E-state index in [0.717, 1.165) is 55.5 Å². The van der Waals surface area contributed by atoms with Crippen molar-refractivity contribution in [2.45, 2.75) is 38.1 Å². The average Bonchev–Trinajstić information content (AvgIpc) is 3.59. The summed E-state index contributed by atoms with van der Waals surface area (Å²) in [5, 5.41) is 6.86. The standard InChI is InChI=1S/C21H34N4O2.HI/c1-22-21(24-12-13-25(18-7-8-18)15-17-4-5-17)23-11-10-16-6-9-19(26-2)20(14-16)27-3;/h6,9,14,17-18H,4-5,7-8,10-13,15H2,1-3H3,(H2,22,23,24);1H. The van der Waals surface area contributed by atoms with Gasteiger partial charge in [0, 0.05) is 39.3 Å². The third kappa shape index (κ3) is 7.31. The second-order valence-corrected chi connectivity index (χ2v) is 7.53. The molecule has 2 aliphatic carbocycles. The van der Waals surface area contributed by atoms with E-state index in [2.05, 4.69) is 26.6 Å². The minimum absolute atomic E-state index is 0. The van der Waals surface area contributed by atoms with Crippen LogP contribution in [-0.4, -0.2) is 64.3 Å². The maximum Gasteiger partial charge on any atom is 0.191 e. The molecule has 2 fully saturated rings. The smallest absolute Gasteiger partial charge is 0.191 e. The fraction of sp³-hybridized carbons (Fsp3) is 0.667. The molecule has 7 heteroatoms. The molecular weight excluding hydrogens is 467 g/mol. The van der Waals surface area contributed by atoms with Gasteiger partial charge in [-0.05, 0) is 55.7 Å². The second-order valence-electron chi connectivity index (χ2n) is 7.53. The van der Waals surface area contributed by atoms with Gasteiger partial charge in [0.15, 0.2) is 17.5 Å². The number of hydrogen-bond acceptors (Lipinski definition) is 4. The number of aliphatic imine (C=N–C) groups is 1. The van der Waals surface area contributed by atoms with Crippen LogP contribution in [0, 0.1) is 5.92 Å². The maximum absolute atomic E-state index is 5.37. The van der Waals surface area contributed by atoms with E-state index in [1.54, 1.807) is 14.2 Å². The predicted molar refractivity (Wildman–Crippen MR) is 125 cm³/mol. The molecule has 0 amide bonds. The minimum Gasteiger partial charge on any atom is -0.493 e. The molecule has 2 aliphatic rings. The van der Waals surface area contributed by atoms with Crippen LogP contribution in [0.1, 0.15) is 31.2 Å². The zero-order chi connectivity index (χ0) is 19.1. The van der Waals surface area contributed by atoms with Crippen molar-refractivity contribution in [3.8, 4) is 11.5 Å². The molecule has 2 saturated carbocycles. The Morgan fingerprint density at radius 1 is 1.07 bits per heavy atom. The highest BCUT2D eigenvalue weighted by Gasteiger charge is 2.33. The lowest BCUT2D eigenvalue weighted by Gasteiger charge is -2.22. The third-order valence-corrected chi connectivity index (χ3v) is 5.32. The van der Waals surface area contributed by atoms with E-state index < -0.39 is 0 Å². The van der Waals surface area contributed by atoms with Crippen LogP contribution in [-0.2, 0) is 6.42 Å². The van der Waals surface area contributed by atoms with Crippen LogP contribution in [0.3, 0.4) is 0 Å². The van der Waals surface area contributed by atoms with Crippen LogP contribution in [0.2, 0.25) is 0 Å². The van der Waals surface area contributed by atoms with E-state index in [9.17, 15) is 0 Å². The molecule has 0 spiro atoms. The zero-order valence-corrected chi connectivity index (χ0v) is 19.7. The molecule has 158 valence electrons. The SMILES string of the molecule is CN=C(NCCc1ccc(OC)c(OC)c1)NCCN(CC1CC1)C1CC1.I. The van der Waals surface area contributed by atoms with Crippen LogP contribution < -0.4 is 20.1 Å². The lowest BCUT2D eigenvalue weighted by molar-refractivity contribution is 0.256. The number of nitrogens with one attached hydrogen (secondary N) is 2. The summed E-state index contributed by atoms with van der Waals surface area (Å²) in [6, 6.07) is 6.90. The summed E-state index contributed by atoms with van der Waals surface area (Å²) in [7, 11) is 5.15. The number of halogens is 1. The highest BCUT2D eigenvalue weighted by molar-refractivity contribution is 14.0. The Kier molecular flexibility index (Phi) is 9.64. The summed E-state index contributed by atoms with van der Waals surface area (Å²) in [6.07, 6.45) is 6.51. The van der Waals surface area contributed by atoms with Gasteiger partial charge < -0.3 is 20.1 Å². The predicted octanol–water partition coefficient (Wildman–Crippen LogP) is 2.90. The van der Waals surface area contributed by atoms with Gasteiger partial charge in [-0.1, -0.05) is 6.07 Å². The normalized spacial score (nSPS) is 16.5. The Balaban J connectivity index is 0.00000280. The van der Waals surface area contributed by atoms with Crippen LogP contribution in [0.5, 0.6) is 11.5 Å². The molecule has 0 saturated heterocycles. The lowest BCUT2D eigenvalue weighted by Crippen LogP contribution is -2.43. The first-order valence-electron chi connectivity index (χ1n) is 10.1. The fourth-order valence-electron chi connectivity index (χ4n) is 3.39. The van der Waals surface area contributed by atoms with Gasteiger partial charge in [0.25, 0.3) is 0 Å². The Morgan fingerprint density at radius 2 is 1.79 bits per heavy atom. The zero-order valence-electron chi connectivity index (χ0n) is 17.4. The number of guanidine groups is 1. The summed E-state index contributed by atoms with van der Waals surface area (Å²) in [5.74, 6) is 3.37. The lowest BCUT2D eigenvalue weighted by atomic mass is 10.1. The summed E-state index contributed by atoms with van der Waals surface area (Å²) in [5.41, 5.74) is 1.21. The topological polar surface area (TPSA) is 58.1 Å². The fourth-order valence-corrected chi connectivity index (χ4v) is 3.39. The number of nitrogens with zero attached hydrogens (tertiary/aromatic N) is 2. The van der Waals surface area contributed by atoms with Crippen LogP contribution >= 0.6 is 24.0 Å². The summed E-state index contributed by atoms with van der Waals surface area (Å²) < 4.78 is 10.7. The van der Waals surface area contributed by atoms with Crippen LogP contribution in [0.25, 0.3) is 0 Å². The van der Waals surface area contributed by atoms with Gasteiger partial charge in [-0.15, -0.1) is 24.0 Å². The minimum atomic E-state index is 0. The Bertz CT molecular complexity index is 633. The second kappa shape index (κ2) is 11.7. The van der Waals surface area contributed by atoms with E-state index in [0.29, 0.717) is 0 Å². The van der Waals surface area contributed by atoms with E-state index in [-0.39, 0.29) is 24.0 Å². The van der Waals surface area contributed by atoms with Gasteiger partial charge in [-0.3, -0.25) is 9.89 Å². The monoisotopic (exact) mass is 502 g/mol. The quantitative estimate of drug-likeness (QED) is 0.277. The Hall–Kier alpha value is -1.22. The van der Waals surface area contributed by atoms with Crippen molar-refractivity contribution < 1.29 is 9.47 Å². The van der Waals surface area contributed by atoms with E-state index >= 15 is 0 Å². The number of methoxy groups -OCH3 is 2. The Morgan fingerprint density at radius 3 is 2.39 bits per heavy atom. The Labute approximate surface area is 186 Å². The molecule has 0 radical (unpaired) electrons. The maximum atomic E-state index is 5.37. The summed E-state index contributed by atoms with van der Waals surface area (Å²) in [4.78, 5) is 7.01. The van der Waals surface area contributed by atoms with Crippen molar-refractivity contribution in [3.05, 3.63) is 23.8 Å². The van der Waals surface area contributed by atoms with Gasteiger partial charge in [0.05, 0.1) is 14.2 Å². The summed E-state index contributed by atoms with van der Waals surface area (Å²) >= 11 is 0. The molecule has 0 atom stereocenters. The number of rotatable bonds is 11. The third-order valence-electron chi connectivity index (χ3n) is 5.32. The molecular formula is C21H35IN4O2. The first-order valence-corrected chi connectivity index (χ1v) is 10.1. The number of hydrogen-bond donors (Lipinski definition) is 2. The molecule has 0 heterocycles. The van der Waals surface area contributed by atoms with E-state index in [4.69, 9.17) is 9.47 Å². The largest absolute Gasteiger partial charge is 0.493 e. The molecule has 0 aromatic heterocycles. The van der Waals surface area contributed by atoms with Crippen molar-refractivity contribution in [3.63, 3.8) is 0 Å². The molecule has 3 rings (SSSR count). The average molecular weight is 502 g/mol. The van der Waals surface area contributed by atoms with Crippen molar-refractivity contribution in [1.82, 2.24) is 15.5 Å². The van der Waals surface area contributed by atoms with Crippen molar-refractivity contribution in [1.29, 1.82) is 0 Å². The molecule has 0 bridgehead atoms. The van der Waals surface area contributed by atoms with Crippen molar-refractivity contribution in [2.24, 2.45) is 10.9 Å². The van der Waals surface area contributed by atoms with Crippen molar-refractivity contribution >= 4 is 29.9 Å². The van der Waals surface area contributed by atoms with Gasteiger partial charge >= 0.3 is 0 Å². The van der Waals surface area contributed by atoms with Gasteiger partial charge in [0.1, 0.15) is 0 Å². The van der Waals surface area contributed by atoms with E-state index in [1.165, 1.54) is 37.8 Å². The first-order chi connectivity index (χ1) is 13.2. The first kappa shape index (κ1) is 23.1. The van der Waals surface area contributed by atoms with E-state index in [1.807, 2.05) is 19.2 Å². The van der Waals surface area contributed by atoms with Gasteiger partial charge in [-0.2, -0.15) is 0 Å². The molecule has 1 aromatic rings. The van der Waals surface area contributed by atoms with Crippen LogP contribution in [0.4, 0.5) is 0 Å². The molecule has 28 heavy (non-hydrogen) atoms. The van der Waals surface area contributed by atoms with Gasteiger partial charge in [0.2, 0.25) is 0 Å². The molecule has 0 aliphatic heterocycles. The molecule has 6 nitrogen and oxygen atoms in total. The highest BCUT2D eigenvalue weighted by atomic mass is 127. The summed E-state index contributed by atoms with van der Waals surface area (Å²) in [6.45, 7) is 4.16. The molecule has 2 N–H and O–H groups in total. The number of ether oxygens (including phenoxy) is 2.